The van der Waals surface area contributed by atoms with Crippen molar-refractivity contribution in [2.45, 2.75) is 58.4 Å². The van der Waals surface area contributed by atoms with E-state index in [1.165, 1.54) is 0 Å². The van der Waals surface area contributed by atoms with Crippen LogP contribution in [0.25, 0.3) is 11.2 Å². The number of aryl methyl sites for hydroxylation is 2. The van der Waals surface area contributed by atoms with Crippen molar-refractivity contribution >= 4 is 23.2 Å². The molecule has 1 aliphatic rings. The Balaban J connectivity index is 1.47. The molecular formula is C21H29N7O2. The van der Waals surface area contributed by atoms with Gasteiger partial charge in [0.1, 0.15) is 5.82 Å². The number of anilines is 1. The number of piperidine rings is 1. The van der Waals surface area contributed by atoms with E-state index in [2.05, 4.69) is 32.2 Å². The number of hydrogen-bond acceptors (Lipinski definition) is 7. The SMILES string of the molecule is CCCCn1nc(CC(=O)NC)nc1C1CCN(c2nc3nc(C)ccc3o2)CC1. The number of nitrogens with one attached hydrogen (secondary N) is 1. The maximum atomic E-state index is 11.8. The second kappa shape index (κ2) is 8.81. The highest BCUT2D eigenvalue weighted by molar-refractivity contribution is 5.77. The molecule has 0 atom stereocenters. The Bertz CT molecular complexity index is 1020. The smallest absolute Gasteiger partial charge is 0.299 e. The zero-order valence-electron chi connectivity index (χ0n) is 17.9. The van der Waals surface area contributed by atoms with Crippen molar-refractivity contribution < 1.29 is 9.21 Å². The average Bonchev–Trinajstić information content (AvgIpc) is 3.35. The van der Waals surface area contributed by atoms with Crippen molar-refractivity contribution in [3.8, 4) is 0 Å². The summed E-state index contributed by atoms with van der Waals surface area (Å²) < 4.78 is 7.92. The first kappa shape index (κ1) is 20.3. The van der Waals surface area contributed by atoms with Crippen LogP contribution < -0.4 is 10.2 Å². The predicted molar refractivity (Wildman–Crippen MR) is 113 cm³/mol. The Labute approximate surface area is 175 Å². The van der Waals surface area contributed by atoms with Crippen LogP contribution in [-0.4, -0.2) is 50.8 Å². The zero-order chi connectivity index (χ0) is 21.1. The summed E-state index contributed by atoms with van der Waals surface area (Å²) >= 11 is 0. The molecule has 1 amide bonds. The normalized spacial score (nSPS) is 15.1. The first-order chi connectivity index (χ1) is 14.6. The lowest BCUT2D eigenvalue weighted by molar-refractivity contribution is -0.120. The van der Waals surface area contributed by atoms with Crippen molar-refractivity contribution in [2.24, 2.45) is 0 Å². The molecule has 0 aliphatic carbocycles. The molecule has 4 rings (SSSR count). The number of aromatic nitrogens is 5. The molecule has 0 bridgehead atoms. The summed E-state index contributed by atoms with van der Waals surface area (Å²) in [6.45, 7) is 6.62. The van der Waals surface area contributed by atoms with Crippen LogP contribution in [0.5, 0.6) is 0 Å². The van der Waals surface area contributed by atoms with Crippen LogP contribution in [0.1, 0.15) is 55.9 Å². The minimum atomic E-state index is -0.0659. The van der Waals surface area contributed by atoms with E-state index >= 15 is 0 Å². The Morgan fingerprint density at radius 1 is 1.23 bits per heavy atom. The zero-order valence-corrected chi connectivity index (χ0v) is 17.9. The van der Waals surface area contributed by atoms with E-state index < -0.39 is 0 Å². The van der Waals surface area contributed by atoms with Gasteiger partial charge in [-0.15, -0.1) is 0 Å². The van der Waals surface area contributed by atoms with E-state index in [1.54, 1.807) is 7.05 Å². The quantitative estimate of drug-likeness (QED) is 0.637. The van der Waals surface area contributed by atoms with E-state index in [0.717, 1.165) is 62.4 Å². The predicted octanol–water partition coefficient (Wildman–Crippen LogP) is 2.60. The molecule has 1 fully saturated rings. The molecule has 9 nitrogen and oxygen atoms in total. The number of oxazole rings is 1. The number of fused-ring (bicyclic) bond motifs is 1. The molecule has 1 N–H and O–H groups in total. The van der Waals surface area contributed by atoms with E-state index in [4.69, 9.17) is 9.40 Å². The molecule has 4 heterocycles. The highest BCUT2D eigenvalue weighted by Crippen LogP contribution is 2.31. The van der Waals surface area contributed by atoms with Gasteiger partial charge < -0.3 is 14.6 Å². The summed E-state index contributed by atoms with van der Waals surface area (Å²) in [6, 6.07) is 4.49. The number of amides is 1. The van der Waals surface area contributed by atoms with Gasteiger partial charge >= 0.3 is 0 Å². The van der Waals surface area contributed by atoms with Gasteiger partial charge in [-0.1, -0.05) is 13.3 Å². The molecule has 0 saturated carbocycles. The van der Waals surface area contributed by atoms with Gasteiger partial charge in [0, 0.05) is 38.3 Å². The van der Waals surface area contributed by atoms with Crippen LogP contribution in [0, 0.1) is 6.92 Å². The molecule has 9 heteroatoms. The molecule has 160 valence electrons. The Morgan fingerprint density at radius 3 is 2.77 bits per heavy atom. The van der Waals surface area contributed by atoms with Crippen LogP contribution in [-0.2, 0) is 17.8 Å². The minimum absolute atomic E-state index is 0.0659. The molecule has 30 heavy (non-hydrogen) atoms. The average molecular weight is 412 g/mol. The lowest BCUT2D eigenvalue weighted by Crippen LogP contribution is -2.34. The van der Waals surface area contributed by atoms with Gasteiger partial charge in [-0.2, -0.15) is 10.1 Å². The fraction of sp³-hybridized carbons (Fsp3) is 0.571. The number of nitrogens with zero attached hydrogens (tertiary/aromatic N) is 6. The Hall–Kier alpha value is -2.97. The summed E-state index contributed by atoms with van der Waals surface area (Å²) in [5.41, 5.74) is 2.31. The molecular weight excluding hydrogens is 382 g/mol. The third-order valence-electron chi connectivity index (χ3n) is 5.58. The Kier molecular flexibility index (Phi) is 5.96. The number of rotatable bonds is 7. The molecule has 0 spiro atoms. The largest absolute Gasteiger partial charge is 0.422 e. The first-order valence-corrected chi connectivity index (χ1v) is 10.7. The summed E-state index contributed by atoms with van der Waals surface area (Å²) in [5.74, 6) is 1.85. The third-order valence-corrected chi connectivity index (χ3v) is 5.58. The molecule has 1 saturated heterocycles. The van der Waals surface area contributed by atoms with Crippen LogP contribution in [0.15, 0.2) is 16.5 Å². The van der Waals surface area contributed by atoms with Gasteiger partial charge in [0.05, 0.1) is 6.42 Å². The van der Waals surface area contributed by atoms with Crippen molar-refractivity contribution in [2.75, 3.05) is 25.0 Å². The van der Waals surface area contributed by atoms with Crippen LogP contribution in [0.4, 0.5) is 6.01 Å². The lowest BCUT2D eigenvalue weighted by Gasteiger charge is -2.30. The maximum Gasteiger partial charge on any atom is 0.299 e. The number of unbranched alkanes of at least 4 members (excludes halogenated alkanes) is 1. The second-order valence-electron chi connectivity index (χ2n) is 7.85. The van der Waals surface area contributed by atoms with Gasteiger partial charge in [-0.3, -0.25) is 4.79 Å². The Morgan fingerprint density at radius 2 is 2.03 bits per heavy atom. The van der Waals surface area contributed by atoms with E-state index in [0.29, 0.717) is 23.4 Å². The molecule has 0 aromatic carbocycles. The van der Waals surface area contributed by atoms with E-state index in [-0.39, 0.29) is 12.3 Å². The molecule has 3 aromatic rings. The highest BCUT2D eigenvalue weighted by Gasteiger charge is 2.28. The van der Waals surface area contributed by atoms with Crippen molar-refractivity contribution in [1.82, 2.24) is 30.0 Å². The fourth-order valence-corrected chi connectivity index (χ4v) is 3.85. The minimum Gasteiger partial charge on any atom is -0.422 e. The standard InChI is InChI=1S/C21H29N7O2/c1-4-5-10-28-20(24-17(26-28)13-18(29)22-3)15-8-11-27(12-9-15)21-25-19-16(30-21)7-6-14(2)23-19/h6-7,15H,4-5,8-13H2,1-3H3,(H,22,29). The lowest BCUT2D eigenvalue weighted by atomic mass is 9.96. The van der Waals surface area contributed by atoms with E-state index in [1.807, 2.05) is 23.7 Å². The molecule has 0 unspecified atom stereocenters. The topological polar surface area (TPSA) is 102 Å². The molecule has 1 aliphatic heterocycles. The van der Waals surface area contributed by atoms with Gasteiger partial charge in [0.2, 0.25) is 11.6 Å². The van der Waals surface area contributed by atoms with Crippen molar-refractivity contribution in [3.05, 3.63) is 29.5 Å². The van der Waals surface area contributed by atoms with Crippen molar-refractivity contribution in [3.63, 3.8) is 0 Å². The van der Waals surface area contributed by atoms with Gasteiger partial charge in [-0.25, -0.2) is 14.6 Å². The number of carbonyl (C=O) groups excluding carboxylic acids is 1. The molecule has 0 radical (unpaired) electrons. The number of likely N-dealkylation sites (N-methyl/N-ethyl adjacent to an activating group) is 1. The van der Waals surface area contributed by atoms with Gasteiger partial charge in [0.25, 0.3) is 6.01 Å². The number of carbonyl (C=O) groups is 1. The maximum absolute atomic E-state index is 11.8. The van der Waals surface area contributed by atoms with Crippen molar-refractivity contribution in [1.29, 1.82) is 0 Å². The fourth-order valence-electron chi connectivity index (χ4n) is 3.85. The van der Waals surface area contributed by atoms with Gasteiger partial charge in [-0.05, 0) is 38.3 Å². The van der Waals surface area contributed by atoms with E-state index in [9.17, 15) is 4.79 Å². The summed E-state index contributed by atoms with van der Waals surface area (Å²) in [6.07, 6.45) is 4.24. The summed E-state index contributed by atoms with van der Waals surface area (Å²) in [4.78, 5) is 27.7. The van der Waals surface area contributed by atoms with Crippen LogP contribution in [0.3, 0.4) is 0 Å². The first-order valence-electron chi connectivity index (χ1n) is 10.7. The number of hydrogen-bond donors (Lipinski definition) is 1. The van der Waals surface area contributed by atoms with Crippen LogP contribution >= 0.6 is 0 Å². The second-order valence-corrected chi connectivity index (χ2v) is 7.85. The monoisotopic (exact) mass is 411 g/mol. The summed E-state index contributed by atoms with van der Waals surface area (Å²) in [5, 5.41) is 7.26. The highest BCUT2D eigenvalue weighted by atomic mass is 16.4. The van der Waals surface area contributed by atoms with Crippen LogP contribution in [0.2, 0.25) is 0 Å². The number of pyridine rings is 1. The van der Waals surface area contributed by atoms with Gasteiger partial charge in [0.15, 0.2) is 11.4 Å². The molecule has 3 aromatic heterocycles. The third kappa shape index (κ3) is 4.29. The summed E-state index contributed by atoms with van der Waals surface area (Å²) in [7, 11) is 1.63.